The zero-order chi connectivity index (χ0) is 18.8. The molecule has 0 saturated heterocycles. The van der Waals surface area contributed by atoms with Gasteiger partial charge in [-0.15, -0.1) is 0 Å². The molecule has 0 fully saturated rings. The molecule has 0 radical (unpaired) electrons. The molecule has 26 heavy (non-hydrogen) atoms. The van der Waals surface area contributed by atoms with Crippen LogP contribution in [-0.2, 0) is 0 Å². The van der Waals surface area contributed by atoms with Gasteiger partial charge in [0.2, 0.25) is 0 Å². The van der Waals surface area contributed by atoms with Crippen LogP contribution in [0.4, 0.5) is 0 Å². The predicted molar refractivity (Wildman–Crippen MR) is 106 cm³/mol. The molecule has 0 saturated carbocycles. The first-order chi connectivity index (χ1) is 12.6. The van der Waals surface area contributed by atoms with E-state index >= 15 is 0 Å². The molecular formula is C19H21N3O3S. The lowest BCUT2D eigenvalue weighted by molar-refractivity contribution is 0.0734. The van der Waals surface area contributed by atoms with Crippen molar-refractivity contribution in [1.29, 1.82) is 0 Å². The molecule has 0 bridgehead atoms. The van der Waals surface area contributed by atoms with Gasteiger partial charge >= 0.3 is 5.97 Å². The Labute approximate surface area is 158 Å². The SMILES string of the molecule is CCNC(=S)NN=Cc1ccc(OC(=O)c2ccc(OCC)cc2)cc1. The Hall–Kier alpha value is -2.93. The highest BCUT2D eigenvalue weighted by Crippen LogP contribution is 2.16. The van der Waals surface area contributed by atoms with Gasteiger partial charge in [0.25, 0.3) is 0 Å². The third kappa shape index (κ3) is 6.18. The topological polar surface area (TPSA) is 72.0 Å². The van der Waals surface area contributed by atoms with Crippen molar-refractivity contribution in [3.8, 4) is 11.5 Å². The van der Waals surface area contributed by atoms with Crippen LogP contribution in [0.2, 0.25) is 0 Å². The van der Waals surface area contributed by atoms with Crippen LogP contribution in [-0.4, -0.2) is 30.4 Å². The smallest absolute Gasteiger partial charge is 0.343 e. The molecule has 2 rings (SSSR count). The van der Waals surface area contributed by atoms with E-state index in [1.807, 2.05) is 13.8 Å². The molecule has 2 aromatic rings. The van der Waals surface area contributed by atoms with Gasteiger partial charge in [-0.2, -0.15) is 5.10 Å². The van der Waals surface area contributed by atoms with Gasteiger partial charge in [0, 0.05) is 6.54 Å². The summed E-state index contributed by atoms with van der Waals surface area (Å²) in [6.45, 7) is 5.17. The van der Waals surface area contributed by atoms with Crippen LogP contribution in [0.15, 0.2) is 53.6 Å². The number of thiocarbonyl (C=S) groups is 1. The number of benzene rings is 2. The molecule has 0 aliphatic heterocycles. The minimum atomic E-state index is -0.424. The maximum absolute atomic E-state index is 12.2. The third-order valence-electron chi connectivity index (χ3n) is 3.21. The molecule has 0 spiro atoms. The molecule has 0 unspecified atom stereocenters. The summed E-state index contributed by atoms with van der Waals surface area (Å²) in [6, 6.07) is 13.8. The van der Waals surface area contributed by atoms with Crippen LogP contribution in [0.25, 0.3) is 0 Å². The van der Waals surface area contributed by atoms with Gasteiger partial charge in [-0.25, -0.2) is 4.79 Å². The maximum atomic E-state index is 12.2. The molecule has 0 heterocycles. The number of esters is 1. The summed E-state index contributed by atoms with van der Waals surface area (Å²) in [5.41, 5.74) is 4.01. The van der Waals surface area contributed by atoms with Crippen molar-refractivity contribution in [1.82, 2.24) is 10.7 Å². The second-order valence-corrected chi connectivity index (χ2v) is 5.55. The Balaban J connectivity index is 1.90. The van der Waals surface area contributed by atoms with Crippen LogP contribution in [0.5, 0.6) is 11.5 Å². The van der Waals surface area contributed by atoms with E-state index in [0.717, 1.165) is 17.9 Å². The lowest BCUT2D eigenvalue weighted by Gasteiger charge is -2.06. The number of hydrazone groups is 1. The number of nitrogens with zero attached hydrogens (tertiary/aromatic N) is 1. The standard InChI is InChI=1S/C19H21N3O3S/c1-3-20-19(26)22-21-13-14-5-9-17(10-6-14)25-18(23)15-7-11-16(12-8-15)24-4-2/h5-13H,3-4H2,1-2H3,(H2,20,22,26). The third-order valence-corrected chi connectivity index (χ3v) is 3.44. The average Bonchev–Trinajstić information content (AvgIpc) is 2.64. The van der Waals surface area contributed by atoms with Crippen LogP contribution in [0.3, 0.4) is 0 Å². The number of ether oxygens (including phenoxy) is 2. The molecule has 0 aliphatic rings. The van der Waals surface area contributed by atoms with E-state index in [2.05, 4.69) is 15.8 Å². The van der Waals surface area contributed by atoms with Gasteiger partial charge in [-0.1, -0.05) is 0 Å². The van der Waals surface area contributed by atoms with E-state index in [4.69, 9.17) is 21.7 Å². The first-order valence-corrected chi connectivity index (χ1v) is 8.65. The van der Waals surface area contributed by atoms with Crippen molar-refractivity contribution in [3.63, 3.8) is 0 Å². The Morgan fingerprint density at radius 3 is 2.35 bits per heavy atom. The van der Waals surface area contributed by atoms with E-state index in [9.17, 15) is 4.79 Å². The number of nitrogens with one attached hydrogen (secondary N) is 2. The molecule has 2 aromatic carbocycles. The van der Waals surface area contributed by atoms with Crippen molar-refractivity contribution < 1.29 is 14.3 Å². The monoisotopic (exact) mass is 371 g/mol. The fraction of sp³-hybridized carbons (Fsp3) is 0.211. The number of carbonyl (C=O) groups is 1. The predicted octanol–water partition coefficient (Wildman–Crippen LogP) is 3.12. The van der Waals surface area contributed by atoms with Crippen LogP contribution >= 0.6 is 12.2 Å². The summed E-state index contributed by atoms with van der Waals surface area (Å²) >= 11 is 5.00. The molecule has 0 atom stereocenters. The van der Waals surface area contributed by atoms with E-state index in [1.165, 1.54) is 0 Å². The normalized spacial score (nSPS) is 10.4. The van der Waals surface area contributed by atoms with Crippen LogP contribution in [0, 0.1) is 0 Å². The summed E-state index contributed by atoms with van der Waals surface area (Å²) in [5, 5.41) is 7.42. The fourth-order valence-electron chi connectivity index (χ4n) is 2.01. The van der Waals surface area contributed by atoms with Gasteiger partial charge in [0.05, 0.1) is 18.4 Å². The first kappa shape index (κ1) is 19.4. The van der Waals surface area contributed by atoms with E-state index in [0.29, 0.717) is 23.0 Å². The van der Waals surface area contributed by atoms with Crippen LogP contribution in [0.1, 0.15) is 29.8 Å². The number of rotatable bonds is 7. The average molecular weight is 371 g/mol. The summed E-state index contributed by atoms with van der Waals surface area (Å²) in [5.74, 6) is 0.749. The fourth-order valence-corrected chi connectivity index (χ4v) is 2.20. The number of hydrogen-bond donors (Lipinski definition) is 2. The summed E-state index contributed by atoms with van der Waals surface area (Å²) in [4.78, 5) is 12.2. The quantitative estimate of drug-likeness (QED) is 0.256. The largest absolute Gasteiger partial charge is 0.494 e. The van der Waals surface area contributed by atoms with Crippen molar-refractivity contribution in [2.45, 2.75) is 13.8 Å². The number of carbonyl (C=O) groups excluding carboxylic acids is 1. The lowest BCUT2D eigenvalue weighted by Crippen LogP contribution is -2.31. The van der Waals surface area contributed by atoms with Crippen LogP contribution < -0.4 is 20.2 Å². The van der Waals surface area contributed by atoms with Gasteiger partial charge in [0.1, 0.15) is 11.5 Å². The highest BCUT2D eigenvalue weighted by atomic mass is 32.1. The Morgan fingerprint density at radius 1 is 1.08 bits per heavy atom. The highest BCUT2D eigenvalue weighted by Gasteiger charge is 2.08. The molecule has 7 heteroatoms. The number of hydrogen-bond acceptors (Lipinski definition) is 5. The minimum absolute atomic E-state index is 0.424. The molecule has 0 amide bonds. The highest BCUT2D eigenvalue weighted by molar-refractivity contribution is 7.80. The van der Waals surface area contributed by atoms with Crippen molar-refractivity contribution >= 4 is 29.5 Å². The molecular weight excluding hydrogens is 350 g/mol. The maximum Gasteiger partial charge on any atom is 0.343 e. The van der Waals surface area contributed by atoms with Crippen molar-refractivity contribution in [2.75, 3.05) is 13.2 Å². The van der Waals surface area contributed by atoms with Gasteiger partial charge in [-0.05, 0) is 80.2 Å². The molecule has 0 aliphatic carbocycles. The van der Waals surface area contributed by atoms with Gasteiger partial charge in [-0.3, -0.25) is 5.43 Å². The summed E-state index contributed by atoms with van der Waals surface area (Å²) < 4.78 is 10.7. The lowest BCUT2D eigenvalue weighted by atomic mass is 10.2. The van der Waals surface area contributed by atoms with Crippen molar-refractivity contribution in [2.24, 2.45) is 5.10 Å². The molecule has 2 N–H and O–H groups in total. The molecule has 6 nitrogen and oxygen atoms in total. The Morgan fingerprint density at radius 2 is 1.73 bits per heavy atom. The zero-order valence-electron chi connectivity index (χ0n) is 14.7. The summed E-state index contributed by atoms with van der Waals surface area (Å²) in [6.07, 6.45) is 1.63. The van der Waals surface area contributed by atoms with E-state index < -0.39 is 5.97 Å². The second kappa shape index (κ2) is 10.1. The van der Waals surface area contributed by atoms with Gasteiger partial charge < -0.3 is 14.8 Å². The Kier molecular flexibility index (Phi) is 7.57. The van der Waals surface area contributed by atoms with Gasteiger partial charge in [0.15, 0.2) is 5.11 Å². The van der Waals surface area contributed by atoms with Crippen molar-refractivity contribution in [3.05, 3.63) is 59.7 Å². The molecule has 136 valence electrons. The second-order valence-electron chi connectivity index (χ2n) is 5.15. The minimum Gasteiger partial charge on any atom is -0.494 e. The summed E-state index contributed by atoms with van der Waals surface area (Å²) in [7, 11) is 0. The Bertz CT molecular complexity index is 759. The van der Waals surface area contributed by atoms with E-state index in [-0.39, 0.29) is 0 Å². The van der Waals surface area contributed by atoms with E-state index in [1.54, 1.807) is 54.7 Å². The molecule has 0 aromatic heterocycles. The first-order valence-electron chi connectivity index (χ1n) is 8.24. The zero-order valence-corrected chi connectivity index (χ0v) is 15.5.